The van der Waals surface area contributed by atoms with Gasteiger partial charge in [-0.25, -0.2) is 26.8 Å². The SMILES string of the molecule is NS(=O)(=O)c1ccc(NC(=O)NCc2ccccc2S(=O)(=O)N2CCOCC2)cc1. The lowest BCUT2D eigenvalue weighted by molar-refractivity contribution is 0.0730. The first-order valence-corrected chi connectivity index (χ1v) is 12.0. The third-order valence-electron chi connectivity index (χ3n) is 4.44. The average molecular weight is 455 g/mol. The van der Waals surface area contributed by atoms with Crippen LogP contribution >= 0.6 is 0 Å². The molecule has 0 unspecified atom stereocenters. The van der Waals surface area contributed by atoms with Gasteiger partial charge in [0.2, 0.25) is 20.0 Å². The second-order valence-electron chi connectivity index (χ2n) is 6.50. The number of hydrogen-bond acceptors (Lipinski definition) is 6. The van der Waals surface area contributed by atoms with Crippen LogP contribution in [0.4, 0.5) is 10.5 Å². The smallest absolute Gasteiger partial charge is 0.319 e. The number of morpholine rings is 1. The van der Waals surface area contributed by atoms with Crippen LogP contribution in [0.3, 0.4) is 0 Å². The maximum absolute atomic E-state index is 12.9. The molecule has 0 spiro atoms. The van der Waals surface area contributed by atoms with Crippen molar-refractivity contribution >= 4 is 31.8 Å². The molecule has 12 heteroatoms. The van der Waals surface area contributed by atoms with Crippen LogP contribution in [0, 0.1) is 0 Å². The standard InChI is InChI=1S/C18H22N4O6S2/c19-29(24,25)16-7-5-15(6-8-16)21-18(23)20-13-14-3-1-2-4-17(14)30(26,27)22-9-11-28-12-10-22/h1-8H,9-13H2,(H2,19,24,25)(H2,20,21,23). The van der Waals surface area contributed by atoms with Gasteiger partial charge in [-0.15, -0.1) is 0 Å². The van der Waals surface area contributed by atoms with Gasteiger partial charge in [-0.1, -0.05) is 18.2 Å². The number of nitrogens with two attached hydrogens (primary N) is 1. The fourth-order valence-electron chi connectivity index (χ4n) is 2.91. The summed E-state index contributed by atoms with van der Waals surface area (Å²) in [6.07, 6.45) is 0. The van der Waals surface area contributed by atoms with Crippen molar-refractivity contribution in [3.8, 4) is 0 Å². The van der Waals surface area contributed by atoms with E-state index < -0.39 is 26.1 Å². The second-order valence-corrected chi connectivity index (χ2v) is 9.97. The van der Waals surface area contributed by atoms with Crippen LogP contribution in [0.15, 0.2) is 58.3 Å². The summed E-state index contributed by atoms with van der Waals surface area (Å²) in [5.41, 5.74) is 0.804. The molecule has 30 heavy (non-hydrogen) atoms. The Hall–Kier alpha value is -2.51. The number of ether oxygens (including phenoxy) is 1. The highest BCUT2D eigenvalue weighted by Gasteiger charge is 2.28. The van der Waals surface area contributed by atoms with Crippen molar-refractivity contribution in [1.82, 2.24) is 9.62 Å². The third kappa shape index (κ3) is 5.34. The molecule has 0 atom stereocenters. The quantitative estimate of drug-likeness (QED) is 0.584. The highest BCUT2D eigenvalue weighted by molar-refractivity contribution is 7.89. The summed E-state index contributed by atoms with van der Waals surface area (Å²) in [5.74, 6) is 0. The number of anilines is 1. The first kappa shape index (κ1) is 22.2. The van der Waals surface area contributed by atoms with E-state index in [2.05, 4.69) is 10.6 Å². The maximum atomic E-state index is 12.9. The molecule has 10 nitrogen and oxygen atoms in total. The second kappa shape index (κ2) is 9.10. The first-order chi connectivity index (χ1) is 14.2. The molecule has 2 amide bonds. The monoisotopic (exact) mass is 454 g/mol. The van der Waals surface area contributed by atoms with E-state index in [1.807, 2.05) is 0 Å². The van der Waals surface area contributed by atoms with Crippen molar-refractivity contribution in [2.24, 2.45) is 5.14 Å². The zero-order valence-electron chi connectivity index (χ0n) is 15.9. The summed E-state index contributed by atoms with van der Waals surface area (Å²) >= 11 is 0. The molecule has 1 aliphatic heterocycles. The van der Waals surface area contributed by atoms with Crippen LogP contribution in [-0.4, -0.2) is 53.5 Å². The van der Waals surface area contributed by atoms with Gasteiger partial charge in [0.25, 0.3) is 0 Å². The number of rotatable bonds is 6. The lowest BCUT2D eigenvalue weighted by Crippen LogP contribution is -2.41. The number of nitrogens with zero attached hydrogens (tertiary/aromatic N) is 1. The number of carbonyl (C=O) groups excluding carboxylic acids is 1. The van der Waals surface area contributed by atoms with Gasteiger partial charge in [-0.2, -0.15) is 4.31 Å². The summed E-state index contributed by atoms with van der Waals surface area (Å²) < 4.78 is 55.0. The van der Waals surface area contributed by atoms with Crippen LogP contribution in [0.5, 0.6) is 0 Å². The van der Waals surface area contributed by atoms with Crippen LogP contribution in [-0.2, 0) is 31.3 Å². The molecule has 4 N–H and O–H groups in total. The first-order valence-electron chi connectivity index (χ1n) is 9.01. The van der Waals surface area contributed by atoms with Crippen molar-refractivity contribution in [3.63, 3.8) is 0 Å². The highest BCUT2D eigenvalue weighted by atomic mass is 32.2. The molecule has 3 rings (SSSR count). The molecule has 1 aliphatic rings. The van der Waals surface area contributed by atoms with E-state index in [9.17, 15) is 21.6 Å². The summed E-state index contributed by atoms with van der Waals surface area (Å²) in [5, 5.41) is 10.2. The van der Waals surface area contributed by atoms with Crippen molar-refractivity contribution in [2.75, 3.05) is 31.6 Å². The van der Waals surface area contributed by atoms with Crippen molar-refractivity contribution < 1.29 is 26.4 Å². The molecule has 1 heterocycles. The number of benzene rings is 2. The molecular weight excluding hydrogens is 432 g/mol. The van der Waals surface area contributed by atoms with Gasteiger partial charge in [0.1, 0.15) is 0 Å². The van der Waals surface area contributed by atoms with Gasteiger partial charge in [-0.3, -0.25) is 0 Å². The lowest BCUT2D eigenvalue weighted by atomic mass is 10.2. The Morgan fingerprint density at radius 3 is 2.27 bits per heavy atom. The summed E-state index contributed by atoms with van der Waals surface area (Å²) in [4.78, 5) is 12.2. The minimum atomic E-state index is -3.82. The Bertz CT molecular complexity index is 1110. The molecule has 0 bridgehead atoms. The largest absolute Gasteiger partial charge is 0.379 e. The Kier molecular flexibility index (Phi) is 6.73. The van der Waals surface area contributed by atoms with E-state index in [4.69, 9.17) is 9.88 Å². The predicted molar refractivity (Wildman–Crippen MR) is 110 cm³/mol. The molecule has 0 aliphatic carbocycles. The van der Waals surface area contributed by atoms with Gasteiger partial charge in [0.15, 0.2) is 0 Å². The van der Waals surface area contributed by atoms with Crippen LogP contribution in [0.1, 0.15) is 5.56 Å². The van der Waals surface area contributed by atoms with Crippen molar-refractivity contribution in [1.29, 1.82) is 0 Å². The molecule has 0 aromatic heterocycles. The van der Waals surface area contributed by atoms with Crippen molar-refractivity contribution in [3.05, 3.63) is 54.1 Å². The zero-order chi connectivity index (χ0) is 21.8. The van der Waals surface area contributed by atoms with E-state index in [1.54, 1.807) is 18.2 Å². The Morgan fingerprint density at radius 1 is 1.00 bits per heavy atom. The minimum absolute atomic E-state index is 0.0131. The van der Waals surface area contributed by atoms with Crippen molar-refractivity contribution in [2.45, 2.75) is 16.3 Å². The van der Waals surface area contributed by atoms with Gasteiger partial charge in [-0.05, 0) is 35.9 Å². The fraction of sp³-hybridized carbons (Fsp3) is 0.278. The molecule has 0 radical (unpaired) electrons. The minimum Gasteiger partial charge on any atom is -0.379 e. The Balaban J connectivity index is 1.67. The molecular formula is C18H22N4O6S2. The van der Waals surface area contributed by atoms with E-state index >= 15 is 0 Å². The van der Waals surface area contributed by atoms with Gasteiger partial charge < -0.3 is 15.4 Å². The fourth-order valence-corrected chi connectivity index (χ4v) is 5.05. The number of sulfonamides is 2. The number of urea groups is 1. The summed E-state index contributed by atoms with van der Waals surface area (Å²) in [6.45, 7) is 1.22. The number of primary sulfonamides is 1. The molecule has 1 fully saturated rings. The number of amides is 2. The maximum Gasteiger partial charge on any atom is 0.319 e. The van der Waals surface area contributed by atoms with Gasteiger partial charge >= 0.3 is 6.03 Å². The predicted octanol–water partition coefficient (Wildman–Crippen LogP) is 0.677. The van der Waals surface area contributed by atoms with E-state index in [1.165, 1.54) is 34.6 Å². The van der Waals surface area contributed by atoms with Gasteiger partial charge in [0.05, 0.1) is 23.0 Å². The molecule has 2 aromatic carbocycles. The zero-order valence-corrected chi connectivity index (χ0v) is 17.6. The molecule has 162 valence electrons. The summed E-state index contributed by atoms with van der Waals surface area (Å²) in [7, 11) is -7.52. The average Bonchev–Trinajstić information content (AvgIpc) is 2.73. The molecule has 2 aromatic rings. The van der Waals surface area contributed by atoms with Gasteiger partial charge in [0, 0.05) is 25.3 Å². The molecule has 1 saturated heterocycles. The normalized spacial score (nSPS) is 15.5. The van der Waals surface area contributed by atoms with E-state index in [0.29, 0.717) is 24.5 Å². The van der Waals surface area contributed by atoms with Crippen LogP contribution in [0.25, 0.3) is 0 Å². The number of hydrogen-bond donors (Lipinski definition) is 3. The Morgan fingerprint density at radius 2 is 1.63 bits per heavy atom. The molecule has 0 saturated carbocycles. The number of nitrogens with one attached hydrogen (secondary N) is 2. The van der Waals surface area contributed by atoms with E-state index in [-0.39, 0.29) is 29.4 Å². The topological polar surface area (TPSA) is 148 Å². The lowest BCUT2D eigenvalue weighted by Gasteiger charge is -2.27. The van der Waals surface area contributed by atoms with Crippen LogP contribution < -0.4 is 15.8 Å². The van der Waals surface area contributed by atoms with E-state index in [0.717, 1.165) is 0 Å². The Labute approximate surface area is 175 Å². The highest BCUT2D eigenvalue weighted by Crippen LogP contribution is 2.21. The van der Waals surface area contributed by atoms with Crippen LogP contribution in [0.2, 0.25) is 0 Å². The number of carbonyl (C=O) groups is 1. The third-order valence-corrected chi connectivity index (χ3v) is 7.37. The summed E-state index contributed by atoms with van der Waals surface area (Å²) in [6, 6.07) is 11.2.